The summed E-state index contributed by atoms with van der Waals surface area (Å²) in [6.45, 7) is 6.10. The number of hydrogen-bond donors (Lipinski definition) is 1. The Morgan fingerprint density at radius 2 is 2.18 bits per heavy atom. The zero-order valence-electron chi connectivity index (χ0n) is 10.4. The summed E-state index contributed by atoms with van der Waals surface area (Å²) in [6, 6.07) is 1.71. The lowest BCUT2D eigenvalue weighted by Crippen LogP contribution is -2.15. The highest BCUT2D eigenvalue weighted by molar-refractivity contribution is 5.74. The maximum Gasteiger partial charge on any atom is 0.314 e. The van der Waals surface area contributed by atoms with Gasteiger partial charge in [0.25, 0.3) is 0 Å². The number of rotatable bonds is 6. The molecule has 1 atom stereocenters. The van der Waals surface area contributed by atoms with Crippen molar-refractivity contribution in [3.63, 3.8) is 0 Å². The van der Waals surface area contributed by atoms with Crippen LogP contribution >= 0.6 is 0 Å². The molecule has 1 rings (SSSR count). The standard InChI is InChI=1S/C12H18N2O3/c1-4-6-9(12(15)16)11-13-8(3)7-10(14-11)17-5-2/h7,9H,4-6H2,1-3H3,(H,15,16). The minimum Gasteiger partial charge on any atom is -0.481 e. The van der Waals surface area contributed by atoms with Crippen LogP contribution in [0, 0.1) is 6.92 Å². The van der Waals surface area contributed by atoms with Crippen LogP contribution in [-0.4, -0.2) is 27.7 Å². The third kappa shape index (κ3) is 3.69. The summed E-state index contributed by atoms with van der Waals surface area (Å²) < 4.78 is 5.29. The van der Waals surface area contributed by atoms with Crippen LogP contribution in [0.15, 0.2) is 6.07 Å². The van der Waals surface area contributed by atoms with Gasteiger partial charge in [-0.05, 0) is 20.3 Å². The van der Waals surface area contributed by atoms with Gasteiger partial charge in [0.2, 0.25) is 5.88 Å². The summed E-state index contributed by atoms with van der Waals surface area (Å²) in [7, 11) is 0. The quantitative estimate of drug-likeness (QED) is 0.822. The van der Waals surface area contributed by atoms with Crippen molar-refractivity contribution < 1.29 is 14.6 Å². The van der Waals surface area contributed by atoms with Crippen molar-refractivity contribution >= 4 is 5.97 Å². The summed E-state index contributed by atoms with van der Waals surface area (Å²) in [5, 5.41) is 9.15. The van der Waals surface area contributed by atoms with Crippen molar-refractivity contribution in [2.24, 2.45) is 0 Å². The molecular weight excluding hydrogens is 220 g/mol. The van der Waals surface area contributed by atoms with E-state index in [1.54, 1.807) is 13.0 Å². The van der Waals surface area contributed by atoms with Crippen LogP contribution in [0.1, 0.15) is 44.1 Å². The van der Waals surface area contributed by atoms with Crippen LogP contribution in [0.5, 0.6) is 5.88 Å². The Balaban J connectivity index is 3.05. The van der Waals surface area contributed by atoms with Crippen LogP contribution in [0.25, 0.3) is 0 Å². The largest absolute Gasteiger partial charge is 0.481 e. The van der Waals surface area contributed by atoms with E-state index in [1.807, 2.05) is 13.8 Å². The molecule has 0 fully saturated rings. The van der Waals surface area contributed by atoms with E-state index in [9.17, 15) is 4.79 Å². The number of ether oxygens (including phenoxy) is 1. The third-order valence-electron chi connectivity index (χ3n) is 2.33. The molecule has 1 heterocycles. The van der Waals surface area contributed by atoms with E-state index >= 15 is 0 Å². The SMILES string of the molecule is CCCC(C(=O)O)c1nc(C)cc(OCC)n1. The van der Waals surface area contributed by atoms with Gasteiger partial charge in [0.05, 0.1) is 6.61 Å². The fourth-order valence-electron chi connectivity index (χ4n) is 1.59. The molecule has 1 unspecified atom stereocenters. The predicted molar refractivity (Wildman–Crippen MR) is 63.2 cm³/mol. The Hall–Kier alpha value is -1.65. The first kappa shape index (κ1) is 13.4. The molecule has 0 saturated heterocycles. The Bertz CT molecular complexity index is 393. The van der Waals surface area contributed by atoms with Gasteiger partial charge in [-0.15, -0.1) is 0 Å². The van der Waals surface area contributed by atoms with Crippen LogP contribution in [0.4, 0.5) is 0 Å². The van der Waals surface area contributed by atoms with Gasteiger partial charge < -0.3 is 9.84 Å². The van der Waals surface area contributed by atoms with Crippen LogP contribution in [0.3, 0.4) is 0 Å². The second-order valence-electron chi connectivity index (χ2n) is 3.82. The zero-order valence-corrected chi connectivity index (χ0v) is 10.4. The first-order chi connectivity index (χ1) is 8.08. The van der Waals surface area contributed by atoms with E-state index in [0.717, 1.165) is 12.1 Å². The first-order valence-corrected chi connectivity index (χ1v) is 5.79. The molecule has 1 N–H and O–H groups in total. The topological polar surface area (TPSA) is 72.3 Å². The van der Waals surface area contributed by atoms with Crippen LogP contribution in [-0.2, 0) is 4.79 Å². The van der Waals surface area contributed by atoms with Crippen LogP contribution in [0.2, 0.25) is 0 Å². The van der Waals surface area contributed by atoms with Crippen molar-refractivity contribution in [2.75, 3.05) is 6.61 Å². The summed E-state index contributed by atoms with van der Waals surface area (Å²) in [5.74, 6) is -0.765. The highest BCUT2D eigenvalue weighted by Gasteiger charge is 2.22. The number of nitrogens with zero attached hydrogens (tertiary/aromatic N) is 2. The number of carboxylic acids is 1. The maximum atomic E-state index is 11.1. The number of carbonyl (C=O) groups is 1. The van der Waals surface area contributed by atoms with Crippen molar-refractivity contribution in [3.05, 3.63) is 17.6 Å². The lowest BCUT2D eigenvalue weighted by Gasteiger charge is -2.12. The lowest BCUT2D eigenvalue weighted by atomic mass is 10.0. The Morgan fingerprint density at radius 3 is 2.71 bits per heavy atom. The molecule has 94 valence electrons. The van der Waals surface area contributed by atoms with Gasteiger partial charge in [-0.3, -0.25) is 4.79 Å². The summed E-state index contributed by atoms with van der Waals surface area (Å²) in [6.07, 6.45) is 1.31. The van der Waals surface area contributed by atoms with Gasteiger partial charge in [-0.25, -0.2) is 4.98 Å². The molecule has 0 aliphatic carbocycles. The molecule has 0 aliphatic rings. The molecule has 1 aromatic heterocycles. The van der Waals surface area contributed by atoms with E-state index < -0.39 is 11.9 Å². The smallest absolute Gasteiger partial charge is 0.314 e. The monoisotopic (exact) mass is 238 g/mol. The van der Waals surface area contributed by atoms with Crippen LogP contribution < -0.4 is 4.74 Å². The van der Waals surface area contributed by atoms with E-state index in [0.29, 0.717) is 24.7 Å². The Labute approximate surface area is 101 Å². The van der Waals surface area contributed by atoms with Crippen molar-refractivity contribution in [3.8, 4) is 5.88 Å². The minimum absolute atomic E-state index is 0.336. The molecular formula is C12H18N2O3. The normalized spacial score (nSPS) is 12.2. The predicted octanol–water partition coefficient (Wildman–Crippen LogP) is 2.15. The molecule has 17 heavy (non-hydrogen) atoms. The molecule has 5 nitrogen and oxygen atoms in total. The van der Waals surface area contributed by atoms with Crippen molar-refractivity contribution in [1.82, 2.24) is 9.97 Å². The summed E-state index contributed by atoms with van der Waals surface area (Å²) in [4.78, 5) is 19.5. The maximum absolute atomic E-state index is 11.1. The molecule has 0 aliphatic heterocycles. The molecule has 0 radical (unpaired) electrons. The average Bonchev–Trinajstić information content (AvgIpc) is 2.25. The third-order valence-corrected chi connectivity index (χ3v) is 2.33. The number of aromatic nitrogens is 2. The van der Waals surface area contributed by atoms with E-state index in [1.165, 1.54) is 0 Å². The number of aliphatic carboxylic acids is 1. The molecule has 5 heteroatoms. The van der Waals surface area contributed by atoms with E-state index in [-0.39, 0.29) is 0 Å². The molecule has 1 aromatic rings. The van der Waals surface area contributed by atoms with Gasteiger partial charge in [0.1, 0.15) is 11.7 Å². The van der Waals surface area contributed by atoms with Crippen molar-refractivity contribution in [1.29, 1.82) is 0 Å². The fourth-order valence-corrected chi connectivity index (χ4v) is 1.59. The van der Waals surface area contributed by atoms with E-state index in [2.05, 4.69) is 9.97 Å². The average molecular weight is 238 g/mol. The highest BCUT2D eigenvalue weighted by atomic mass is 16.5. The number of carboxylic acid groups (broad SMARTS) is 1. The second-order valence-corrected chi connectivity index (χ2v) is 3.82. The minimum atomic E-state index is -0.889. The zero-order chi connectivity index (χ0) is 12.8. The number of aryl methyl sites for hydroxylation is 1. The van der Waals surface area contributed by atoms with Gasteiger partial charge in [-0.1, -0.05) is 13.3 Å². The summed E-state index contributed by atoms with van der Waals surface area (Å²) >= 11 is 0. The van der Waals surface area contributed by atoms with E-state index in [4.69, 9.17) is 9.84 Å². The first-order valence-electron chi connectivity index (χ1n) is 5.79. The molecule has 0 amide bonds. The summed E-state index contributed by atoms with van der Waals surface area (Å²) in [5.41, 5.74) is 0.723. The molecule has 0 bridgehead atoms. The highest BCUT2D eigenvalue weighted by Crippen LogP contribution is 2.21. The van der Waals surface area contributed by atoms with Gasteiger partial charge >= 0.3 is 5.97 Å². The molecule has 0 aromatic carbocycles. The van der Waals surface area contributed by atoms with Gasteiger partial charge in [0.15, 0.2) is 0 Å². The molecule has 0 spiro atoms. The Kier molecular flexibility index (Phi) is 4.87. The van der Waals surface area contributed by atoms with Gasteiger partial charge in [-0.2, -0.15) is 4.98 Å². The van der Waals surface area contributed by atoms with Gasteiger partial charge in [0, 0.05) is 11.8 Å². The second kappa shape index (κ2) is 6.18. The lowest BCUT2D eigenvalue weighted by molar-refractivity contribution is -0.139. The number of hydrogen-bond acceptors (Lipinski definition) is 4. The fraction of sp³-hybridized carbons (Fsp3) is 0.583. The van der Waals surface area contributed by atoms with Crippen molar-refractivity contribution in [2.45, 2.75) is 39.5 Å². The molecule has 0 saturated carbocycles. The Morgan fingerprint density at radius 1 is 1.47 bits per heavy atom.